The molecule has 2 aliphatic rings. The lowest BCUT2D eigenvalue weighted by atomic mass is 9.94. The van der Waals surface area contributed by atoms with Gasteiger partial charge in [-0.15, -0.1) is 0 Å². The van der Waals surface area contributed by atoms with Crippen molar-refractivity contribution >= 4 is 11.7 Å². The molecule has 2 bridgehead atoms. The van der Waals surface area contributed by atoms with Crippen LogP contribution < -0.4 is 10.6 Å². The van der Waals surface area contributed by atoms with Gasteiger partial charge in [-0.1, -0.05) is 6.08 Å². The normalized spacial score (nSPS) is 25.6. The summed E-state index contributed by atoms with van der Waals surface area (Å²) < 4.78 is 0. The van der Waals surface area contributed by atoms with Crippen LogP contribution in [0.2, 0.25) is 0 Å². The minimum absolute atomic E-state index is 0.0569. The molecule has 0 radical (unpaired) electrons. The third-order valence-electron chi connectivity index (χ3n) is 4.15. The average molecular weight is 264 g/mol. The van der Waals surface area contributed by atoms with Crippen LogP contribution in [0.3, 0.4) is 0 Å². The molecule has 1 unspecified atom stereocenters. The highest BCUT2D eigenvalue weighted by Gasteiger charge is 2.30. The fraction of sp³-hybridized carbons (Fsp3) is 0.733. The lowest BCUT2D eigenvalue weighted by molar-refractivity contribution is -0.121. The zero-order valence-electron chi connectivity index (χ0n) is 11.7. The first-order chi connectivity index (χ1) is 9.20. The number of nitrogens with one attached hydrogen (secondary N) is 2. The maximum atomic E-state index is 12.2. The van der Waals surface area contributed by atoms with E-state index in [1.165, 1.54) is 6.42 Å². The Labute approximate surface area is 115 Å². The number of hydrogen-bond donors (Lipinski definition) is 2. The molecule has 4 nitrogen and oxygen atoms in total. The van der Waals surface area contributed by atoms with E-state index in [1.54, 1.807) is 7.05 Å². The summed E-state index contributed by atoms with van der Waals surface area (Å²) in [7, 11) is 1.64. The predicted molar refractivity (Wildman–Crippen MR) is 74.8 cm³/mol. The Balaban J connectivity index is 1.76. The van der Waals surface area contributed by atoms with Crippen molar-refractivity contribution in [3.63, 3.8) is 0 Å². The number of allylic oxidation sites excluding steroid dienone is 1. The molecule has 0 saturated carbocycles. The Hall–Kier alpha value is -1.16. The number of amides is 1. The molecule has 2 aliphatic heterocycles. The number of ketones is 1. The molecule has 2 rings (SSSR count). The lowest BCUT2D eigenvalue weighted by Crippen LogP contribution is -2.31. The van der Waals surface area contributed by atoms with Gasteiger partial charge in [0.05, 0.1) is 0 Å². The smallest absolute Gasteiger partial charge is 0.219 e. The maximum absolute atomic E-state index is 12.2. The average Bonchev–Trinajstić information content (AvgIpc) is 2.75. The molecule has 1 saturated heterocycles. The first-order valence-corrected chi connectivity index (χ1v) is 7.40. The van der Waals surface area contributed by atoms with E-state index in [0.29, 0.717) is 24.9 Å². The van der Waals surface area contributed by atoms with Crippen molar-refractivity contribution in [2.24, 2.45) is 0 Å². The molecule has 0 aromatic heterocycles. The summed E-state index contributed by atoms with van der Waals surface area (Å²) in [5.41, 5.74) is 1.000. The molecule has 1 fully saturated rings. The van der Waals surface area contributed by atoms with E-state index in [0.717, 1.165) is 37.7 Å². The van der Waals surface area contributed by atoms with E-state index in [1.807, 2.05) is 0 Å². The van der Waals surface area contributed by atoms with Crippen molar-refractivity contribution in [1.29, 1.82) is 0 Å². The van der Waals surface area contributed by atoms with Crippen LogP contribution in [-0.2, 0) is 9.59 Å². The van der Waals surface area contributed by atoms with Crippen LogP contribution in [0.25, 0.3) is 0 Å². The van der Waals surface area contributed by atoms with Gasteiger partial charge < -0.3 is 10.6 Å². The van der Waals surface area contributed by atoms with Crippen LogP contribution in [0.5, 0.6) is 0 Å². The molecule has 0 aliphatic carbocycles. The van der Waals surface area contributed by atoms with Gasteiger partial charge in [-0.05, 0) is 38.5 Å². The Morgan fingerprint density at radius 1 is 1.26 bits per heavy atom. The Morgan fingerprint density at radius 2 is 2.05 bits per heavy atom. The number of rotatable bonds is 6. The quantitative estimate of drug-likeness (QED) is 0.718. The fourth-order valence-corrected chi connectivity index (χ4v) is 3.02. The van der Waals surface area contributed by atoms with Crippen molar-refractivity contribution in [2.45, 2.75) is 63.5 Å². The SMILES string of the molecule is CNC(=O)CCCCC(=O)C1=CCC[C@H]2CCC1N2. The largest absolute Gasteiger partial charge is 0.359 e. The van der Waals surface area contributed by atoms with Crippen LogP contribution in [0, 0.1) is 0 Å². The minimum atomic E-state index is 0.0569. The third kappa shape index (κ3) is 3.90. The summed E-state index contributed by atoms with van der Waals surface area (Å²) in [6.45, 7) is 0. The van der Waals surface area contributed by atoms with Gasteiger partial charge in [-0.3, -0.25) is 9.59 Å². The Kier molecular flexibility index (Phi) is 5.14. The lowest BCUT2D eigenvalue weighted by Gasteiger charge is -2.13. The number of fused-ring (bicyclic) bond motifs is 2. The third-order valence-corrected chi connectivity index (χ3v) is 4.15. The molecule has 2 atom stereocenters. The highest BCUT2D eigenvalue weighted by Crippen LogP contribution is 2.27. The topological polar surface area (TPSA) is 58.2 Å². The van der Waals surface area contributed by atoms with Gasteiger partial charge in [0, 0.05) is 37.5 Å². The highest BCUT2D eigenvalue weighted by molar-refractivity contribution is 5.96. The summed E-state index contributed by atoms with van der Waals surface area (Å²) in [5.74, 6) is 0.332. The van der Waals surface area contributed by atoms with Crippen LogP contribution in [0.4, 0.5) is 0 Å². The van der Waals surface area contributed by atoms with Crippen molar-refractivity contribution in [1.82, 2.24) is 10.6 Å². The molecular weight excluding hydrogens is 240 g/mol. The molecule has 0 aromatic rings. The van der Waals surface area contributed by atoms with E-state index >= 15 is 0 Å². The molecule has 2 heterocycles. The number of Topliss-reactive ketones (excluding diaryl/α,β-unsaturated/α-hetero) is 1. The van der Waals surface area contributed by atoms with E-state index in [9.17, 15) is 9.59 Å². The van der Waals surface area contributed by atoms with Gasteiger partial charge in [0.1, 0.15) is 0 Å². The molecular formula is C15H24N2O2. The number of carbonyl (C=O) groups is 2. The van der Waals surface area contributed by atoms with Gasteiger partial charge in [-0.2, -0.15) is 0 Å². The van der Waals surface area contributed by atoms with Gasteiger partial charge in [0.15, 0.2) is 5.78 Å². The second-order valence-electron chi connectivity index (χ2n) is 5.53. The van der Waals surface area contributed by atoms with E-state index in [-0.39, 0.29) is 11.7 Å². The minimum Gasteiger partial charge on any atom is -0.359 e. The molecule has 2 N–H and O–H groups in total. The Bertz CT molecular complexity index is 376. The van der Waals surface area contributed by atoms with Gasteiger partial charge in [0.2, 0.25) is 5.91 Å². The standard InChI is InChI=1S/C15H24N2O2/c1-16-15(19)8-3-2-7-14(18)12-6-4-5-11-9-10-13(12)17-11/h6,11,13,17H,2-5,7-10H2,1H3,(H,16,19)/t11-,13?/m0/s1. The van der Waals surface area contributed by atoms with E-state index in [2.05, 4.69) is 16.7 Å². The maximum Gasteiger partial charge on any atom is 0.219 e. The molecule has 0 aromatic carbocycles. The second kappa shape index (κ2) is 6.85. The summed E-state index contributed by atoms with van der Waals surface area (Å²) in [6, 6.07) is 0.902. The van der Waals surface area contributed by atoms with Crippen LogP contribution in [0.1, 0.15) is 51.4 Å². The van der Waals surface area contributed by atoms with Crippen molar-refractivity contribution in [3.8, 4) is 0 Å². The summed E-state index contributed by atoms with van der Waals surface area (Å²) in [6.07, 6.45) is 9.30. The molecule has 19 heavy (non-hydrogen) atoms. The summed E-state index contributed by atoms with van der Waals surface area (Å²) >= 11 is 0. The second-order valence-corrected chi connectivity index (χ2v) is 5.53. The monoisotopic (exact) mass is 264 g/mol. The highest BCUT2D eigenvalue weighted by atomic mass is 16.1. The molecule has 0 spiro atoms. The van der Waals surface area contributed by atoms with E-state index < -0.39 is 0 Å². The first-order valence-electron chi connectivity index (χ1n) is 7.40. The zero-order chi connectivity index (χ0) is 13.7. The van der Waals surface area contributed by atoms with Gasteiger partial charge in [-0.25, -0.2) is 0 Å². The van der Waals surface area contributed by atoms with Gasteiger partial charge in [0.25, 0.3) is 0 Å². The summed E-state index contributed by atoms with van der Waals surface area (Å²) in [5, 5.41) is 6.15. The van der Waals surface area contributed by atoms with Crippen molar-refractivity contribution < 1.29 is 9.59 Å². The van der Waals surface area contributed by atoms with Crippen molar-refractivity contribution in [2.75, 3.05) is 7.05 Å². The molecule has 4 heteroatoms. The molecule has 106 valence electrons. The van der Waals surface area contributed by atoms with Gasteiger partial charge >= 0.3 is 0 Å². The zero-order valence-corrected chi connectivity index (χ0v) is 11.7. The molecule has 1 amide bonds. The fourth-order valence-electron chi connectivity index (χ4n) is 3.02. The number of carbonyl (C=O) groups excluding carboxylic acids is 2. The predicted octanol–water partition coefficient (Wildman–Crippen LogP) is 1.70. The van der Waals surface area contributed by atoms with E-state index in [4.69, 9.17) is 0 Å². The number of unbranched alkanes of at least 4 members (excludes halogenated alkanes) is 1. The van der Waals surface area contributed by atoms with Crippen molar-refractivity contribution in [3.05, 3.63) is 11.6 Å². The van der Waals surface area contributed by atoms with Crippen LogP contribution >= 0.6 is 0 Å². The van der Waals surface area contributed by atoms with Crippen LogP contribution in [-0.4, -0.2) is 30.8 Å². The number of hydrogen-bond acceptors (Lipinski definition) is 3. The Morgan fingerprint density at radius 3 is 2.84 bits per heavy atom. The summed E-state index contributed by atoms with van der Waals surface area (Å²) in [4.78, 5) is 23.3. The first kappa shape index (κ1) is 14.3. The van der Waals surface area contributed by atoms with Crippen LogP contribution in [0.15, 0.2) is 11.6 Å².